The Morgan fingerprint density at radius 1 is 1.57 bits per heavy atom. The Balaban J connectivity index is 1.95. The van der Waals surface area contributed by atoms with E-state index in [1.807, 2.05) is 37.4 Å². The lowest BCUT2D eigenvalue weighted by Crippen LogP contribution is -2.47. The van der Waals surface area contributed by atoms with E-state index in [0.29, 0.717) is 5.92 Å². The molecule has 4 nitrogen and oxygen atoms in total. The molecule has 1 aromatic carbocycles. The number of thioether (sulfide) groups is 1. The molecule has 1 amide bonds. The van der Waals surface area contributed by atoms with Crippen molar-refractivity contribution in [3.63, 3.8) is 0 Å². The van der Waals surface area contributed by atoms with Gasteiger partial charge in [-0.25, -0.2) is 0 Å². The highest BCUT2D eigenvalue weighted by Crippen LogP contribution is 2.21. The molecular weight excluding hydrogens is 284 g/mol. The lowest BCUT2D eigenvalue weighted by atomic mass is 9.97. The van der Waals surface area contributed by atoms with Crippen LogP contribution in [0.4, 0.5) is 5.69 Å². The molecule has 0 aliphatic carbocycles. The first-order valence-electron chi connectivity index (χ1n) is 7.44. The molecule has 0 spiro atoms. The van der Waals surface area contributed by atoms with Gasteiger partial charge >= 0.3 is 0 Å². The van der Waals surface area contributed by atoms with Gasteiger partial charge in [0.15, 0.2) is 0 Å². The van der Waals surface area contributed by atoms with Crippen LogP contribution in [0, 0.1) is 5.92 Å². The van der Waals surface area contributed by atoms with Crippen LogP contribution >= 0.6 is 11.8 Å². The van der Waals surface area contributed by atoms with Crippen molar-refractivity contribution in [3.8, 4) is 0 Å². The van der Waals surface area contributed by atoms with Crippen molar-refractivity contribution in [2.75, 3.05) is 31.3 Å². The minimum Gasteiger partial charge on any atom is -0.396 e. The average molecular weight is 308 g/mol. The number of carbonyl (C=O) groups excluding carboxylic acids is 1. The SMILES string of the molecule is CSc1cccc(NC(=O)C(C)N2CCCC(CO)C2)c1. The third kappa shape index (κ3) is 4.46. The average Bonchev–Trinajstić information content (AvgIpc) is 2.54. The maximum Gasteiger partial charge on any atom is 0.241 e. The number of anilines is 1. The molecule has 2 rings (SSSR count). The Hall–Kier alpha value is -1.04. The van der Waals surface area contributed by atoms with E-state index >= 15 is 0 Å². The summed E-state index contributed by atoms with van der Waals surface area (Å²) in [4.78, 5) is 15.7. The Labute approximate surface area is 130 Å². The number of piperidine rings is 1. The summed E-state index contributed by atoms with van der Waals surface area (Å²) in [5.41, 5.74) is 0.842. The number of carbonyl (C=O) groups is 1. The molecular formula is C16H24N2O2S. The van der Waals surface area contributed by atoms with E-state index in [0.717, 1.165) is 36.5 Å². The van der Waals surface area contributed by atoms with Gasteiger partial charge in [-0.05, 0) is 56.7 Å². The van der Waals surface area contributed by atoms with Gasteiger partial charge in [-0.15, -0.1) is 11.8 Å². The number of nitrogens with one attached hydrogen (secondary N) is 1. The highest BCUT2D eigenvalue weighted by Gasteiger charge is 2.27. The van der Waals surface area contributed by atoms with Gasteiger partial charge in [-0.2, -0.15) is 0 Å². The maximum atomic E-state index is 12.4. The fraction of sp³-hybridized carbons (Fsp3) is 0.562. The molecule has 1 aliphatic rings. The van der Waals surface area contributed by atoms with Gasteiger partial charge < -0.3 is 10.4 Å². The van der Waals surface area contributed by atoms with Crippen molar-refractivity contribution in [1.82, 2.24) is 4.90 Å². The third-order valence-corrected chi connectivity index (χ3v) is 4.80. The third-order valence-electron chi connectivity index (χ3n) is 4.07. The summed E-state index contributed by atoms with van der Waals surface area (Å²) in [5, 5.41) is 12.3. The first-order valence-corrected chi connectivity index (χ1v) is 8.66. The van der Waals surface area contributed by atoms with Gasteiger partial charge in [-0.3, -0.25) is 9.69 Å². The molecule has 0 radical (unpaired) electrons. The standard InChI is InChI=1S/C16H24N2O2S/c1-12(18-8-4-5-13(10-18)11-19)16(20)17-14-6-3-7-15(9-14)21-2/h3,6-7,9,12-13,19H,4-5,8,10-11H2,1-2H3,(H,17,20). The summed E-state index contributed by atoms with van der Waals surface area (Å²) >= 11 is 1.66. The van der Waals surface area contributed by atoms with Crippen molar-refractivity contribution in [1.29, 1.82) is 0 Å². The summed E-state index contributed by atoms with van der Waals surface area (Å²) in [7, 11) is 0. The van der Waals surface area contributed by atoms with Crippen molar-refractivity contribution < 1.29 is 9.90 Å². The number of nitrogens with zero attached hydrogens (tertiary/aromatic N) is 1. The number of aliphatic hydroxyl groups excluding tert-OH is 1. The van der Waals surface area contributed by atoms with E-state index in [1.165, 1.54) is 0 Å². The molecule has 0 bridgehead atoms. The summed E-state index contributed by atoms with van der Waals surface area (Å²) in [6.45, 7) is 3.87. The van der Waals surface area contributed by atoms with E-state index in [2.05, 4.69) is 10.2 Å². The second kappa shape index (κ2) is 7.82. The number of benzene rings is 1. The zero-order valence-electron chi connectivity index (χ0n) is 12.7. The van der Waals surface area contributed by atoms with Crippen LogP contribution in [0.2, 0.25) is 0 Å². The van der Waals surface area contributed by atoms with Gasteiger partial charge in [0.1, 0.15) is 0 Å². The van der Waals surface area contributed by atoms with Crippen molar-refractivity contribution in [3.05, 3.63) is 24.3 Å². The number of hydrogen-bond acceptors (Lipinski definition) is 4. The minimum atomic E-state index is -0.169. The predicted molar refractivity (Wildman–Crippen MR) is 87.7 cm³/mol. The zero-order chi connectivity index (χ0) is 15.2. The van der Waals surface area contributed by atoms with E-state index in [9.17, 15) is 9.90 Å². The first kappa shape index (κ1) is 16.3. The van der Waals surface area contributed by atoms with E-state index in [4.69, 9.17) is 0 Å². The van der Waals surface area contributed by atoms with Gasteiger partial charge in [0.25, 0.3) is 0 Å². The number of rotatable bonds is 5. The summed E-state index contributed by atoms with van der Waals surface area (Å²) in [6, 6.07) is 7.71. The summed E-state index contributed by atoms with van der Waals surface area (Å²) < 4.78 is 0. The summed E-state index contributed by atoms with van der Waals surface area (Å²) in [5.74, 6) is 0.320. The molecule has 2 unspecified atom stereocenters. The Kier molecular flexibility index (Phi) is 6.08. The van der Waals surface area contributed by atoms with Crippen LogP contribution in [-0.2, 0) is 4.79 Å². The topological polar surface area (TPSA) is 52.6 Å². The molecule has 1 aromatic rings. The molecule has 116 valence electrons. The molecule has 2 N–H and O–H groups in total. The highest BCUT2D eigenvalue weighted by molar-refractivity contribution is 7.98. The van der Waals surface area contributed by atoms with Gasteiger partial charge in [0, 0.05) is 23.7 Å². The largest absolute Gasteiger partial charge is 0.396 e. The zero-order valence-corrected chi connectivity index (χ0v) is 13.5. The van der Waals surface area contributed by atoms with Crippen LogP contribution < -0.4 is 5.32 Å². The van der Waals surface area contributed by atoms with E-state index in [-0.39, 0.29) is 18.6 Å². The highest BCUT2D eigenvalue weighted by atomic mass is 32.2. The molecule has 1 saturated heterocycles. The van der Waals surface area contributed by atoms with Crippen molar-refractivity contribution >= 4 is 23.4 Å². The molecule has 2 atom stereocenters. The fourth-order valence-electron chi connectivity index (χ4n) is 2.71. The summed E-state index contributed by atoms with van der Waals surface area (Å²) in [6.07, 6.45) is 4.12. The quantitative estimate of drug-likeness (QED) is 0.820. The van der Waals surface area contributed by atoms with Crippen LogP contribution in [-0.4, -0.2) is 47.9 Å². The Morgan fingerprint density at radius 3 is 3.10 bits per heavy atom. The van der Waals surface area contributed by atoms with Crippen LogP contribution in [0.1, 0.15) is 19.8 Å². The Morgan fingerprint density at radius 2 is 2.38 bits per heavy atom. The number of likely N-dealkylation sites (tertiary alicyclic amines) is 1. The van der Waals surface area contributed by atoms with Crippen LogP contribution in [0.25, 0.3) is 0 Å². The predicted octanol–water partition coefficient (Wildman–Crippen LogP) is 2.44. The smallest absolute Gasteiger partial charge is 0.241 e. The number of aliphatic hydroxyl groups is 1. The molecule has 0 aromatic heterocycles. The monoisotopic (exact) mass is 308 g/mol. The lowest BCUT2D eigenvalue weighted by molar-refractivity contribution is -0.121. The second-order valence-electron chi connectivity index (χ2n) is 5.58. The van der Waals surface area contributed by atoms with Crippen molar-refractivity contribution in [2.45, 2.75) is 30.7 Å². The van der Waals surface area contributed by atoms with E-state index in [1.54, 1.807) is 11.8 Å². The molecule has 21 heavy (non-hydrogen) atoms. The minimum absolute atomic E-state index is 0.0202. The molecule has 1 heterocycles. The maximum absolute atomic E-state index is 12.4. The van der Waals surface area contributed by atoms with E-state index < -0.39 is 0 Å². The van der Waals surface area contributed by atoms with Crippen LogP contribution in [0.5, 0.6) is 0 Å². The first-order chi connectivity index (χ1) is 10.1. The normalized spacial score (nSPS) is 21.0. The second-order valence-corrected chi connectivity index (χ2v) is 6.46. The Bertz CT molecular complexity index is 481. The molecule has 1 aliphatic heterocycles. The molecule has 0 saturated carbocycles. The van der Waals surface area contributed by atoms with Gasteiger partial charge in [-0.1, -0.05) is 6.07 Å². The molecule has 1 fully saturated rings. The molecule has 5 heteroatoms. The number of amides is 1. The van der Waals surface area contributed by atoms with Gasteiger partial charge in [0.2, 0.25) is 5.91 Å². The fourth-order valence-corrected chi connectivity index (χ4v) is 3.17. The van der Waals surface area contributed by atoms with Crippen molar-refractivity contribution in [2.24, 2.45) is 5.92 Å². The van der Waals surface area contributed by atoms with Gasteiger partial charge in [0.05, 0.1) is 6.04 Å². The van der Waals surface area contributed by atoms with Crippen LogP contribution in [0.15, 0.2) is 29.2 Å². The number of hydrogen-bond donors (Lipinski definition) is 2. The van der Waals surface area contributed by atoms with Crippen LogP contribution in [0.3, 0.4) is 0 Å². The lowest BCUT2D eigenvalue weighted by Gasteiger charge is -2.35.